The Balaban J connectivity index is 0.00000363. The quantitative estimate of drug-likeness (QED) is 0.158. The number of nitrogens with zero attached hydrogens (tertiary/aromatic N) is 3. The molecule has 2 aromatic carbocycles. The monoisotopic (exact) mass is 547 g/mol. The largest absolute Gasteiger partial charge is 0.377 e. The van der Waals surface area contributed by atoms with Crippen molar-refractivity contribution >= 4 is 29.9 Å². The Morgan fingerprint density at radius 3 is 2.34 bits per heavy atom. The summed E-state index contributed by atoms with van der Waals surface area (Å²) in [6.45, 7) is 8.48. The van der Waals surface area contributed by atoms with Crippen LogP contribution in [0.3, 0.4) is 0 Å². The number of aromatic nitrogens is 2. The minimum absolute atomic E-state index is 0. The minimum atomic E-state index is 0. The van der Waals surface area contributed by atoms with Crippen molar-refractivity contribution in [3.8, 4) is 0 Å². The summed E-state index contributed by atoms with van der Waals surface area (Å²) >= 11 is 0. The molecule has 0 saturated carbocycles. The maximum absolute atomic E-state index is 5.74. The molecule has 1 heterocycles. The van der Waals surface area contributed by atoms with E-state index in [1.165, 1.54) is 22.3 Å². The van der Waals surface area contributed by atoms with E-state index in [0.717, 1.165) is 32.1 Å². The summed E-state index contributed by atoms with van der Waals surface area (Å²) in [4.78, 5) is 4.81. The number of benzene rings is 2. The first-order chi connectivity index (χ1) is 15.3. The Hall–Kier alpha value is -2.39. The van der Waals surface area contributed by atoms with Crippen LogP contribution in [0.2, 0.25) is 0 Å². The molecule has 1 aromatic heterocycles. The van der Waals surface area contributed by atoms with Crippen molar-refractivity contribution in [2.75, 3.05) is 13.2 Å². The molecule has 172 valence electrons. The van der Waals surface area contributed by atoms with E-state index in [2.05, 4.69) is 78.1 Å². The van der Waals surface area contributed by atoms with Gasteiger partial charge in [-0.05, 0) is 41.7 Å². The Morgan fingerprint density at radius 2 is 1.66 bits per heavy atom. The van der Waals surface area contributed by atoms with Gasteiger partial charge >= 0.3 is 0 Å². The third-order valence-corrected chi connectivity index (χ3v) is 4.93. The van der Waals surface area contributed by atoms with Crippen molar-refractivity contribution < 1.29 is 4.74 Å². The first-order valence-electron chi connectivity index (χ1n) is 11.0. The van der Waals surface area contributed by atoms with E-state index in [0.29, 0.717) is 19.7 Å². The number of rotatable bonds is 11. The molecule has 0 atom stereocenters. The number of hydrogen-bond acceptors (Lipinski definition) is 3. The van der Waals surface area contributed by atoms with Gasteiger partial charge in [-0.1, -0.05) is 55.5 Å². The first-order valence-corrected chi connectivity index (χ1v) is 11.0. The van der Waals surface area contributed by atoms with Crippen molar-refractivity contribution in [1.82, 2.24) is 20.4 Å². The predicted molar refractivity (Wildman–Crippen MR) is 141 cm³/mol. The fourth-order valence-corrected chi connectivity index (χ4v) is 3.32. The van der Waals surface area contributed by atoms with Crippen molar-refractivity contribution in [1.29, 1.82) is 0 Å². The molecule has 0 fully saturated rings. The van der Waals surface area contributed by atoms with Gasteiger partial charge in [0.2, 0.25) is 0 Å². The third-order valence-electron chi connectivity index (χ3n) is 4.93. The lowest BCUT2D eigenvalue weighted by atomic mass is 10.1. The average molecular weight is 547 g/mol. The van der Waals surface area contributed by atoms with Crippen LogP contribution in [0.5, 0.6) is 0 Å². The summed E-state index contributed by atoms with van der Waals surface area (Å²) in [5.74, 6) is 0.806. The Labute approximate surface area is 208 Å². The van der Waals surface area contributed by atoms with Gasteiger partial charge in [0, 0.05) is 32.1 Å². The van der Waals surface area contributed by atoms with E-state index in [-0.39, 0.29) is 24.0 Å². The molecular weight excluding hydrogens is 513 g/mol. The van der Waals surface area contributed by atoms with E-state index in [9.17, 15) is 0 Å². The van der Waals surface area contributed by atoms with E-state index in [1.54, 1.807) is 0 Å². The van der Waals surface area contributed by atoms with Gasteiger partial charge in [-0.3, -0.25) is 4.68 Å². The number of ether oxygens (including phenoxy) is 1. The highest BCUT2D eigenvalue weighted by molar-refractivity contribution is 14.0. The molecule has 0 aliphatic heterocycles. The van der Waals surface area contributed by atoms with Crippen LogP contribution in [0, 0.1) is 0 Å². The van der Waals surface area contributed by atoms with Crippen molar-refractivity contribution in [2.45, 2.75) is 46.5 Å². The molecule has 0 radical (unpaired) electrons. The van der Waals surface area contributed by atoms with Gasteiger partial charge in [0.25, 0.3) is 0 Å². The molecule has 0 amide bonds. The van der Waals surface area contributed by atoms with Crippen LogP contribution >= 0.6 is 24.0 Å². The standard InChI is InChI=1S/C25H33N5O.HI/c1-3-16-31-20-24-13-8-6-11-22(24)18-28-25(26-4-2)27-17-21-10-5-7-12-23(21)19-30-15-9-14-29-30;/h5-15H,3-4,16-20H2,1-2H3,(H2,26,27,28);1H. The van der Waals surface area contributed by atoms with Crippen LogP contribution < -0.4 is 10.6 Å². The van der Waals surface area contributed by atoms with Crippen molar-refractivity contribution in [3.63, 3.8) is 0 Å². The van der Waals surface area contributed by atoms with Crippen LogP contribution in [0.25, 0.3) is 0 Å². The number of nitrogens with one attached hydrogen (secondary N) is 2. The molecule has 2 N–H and O–H groups in total. The second kappa shape index (κ2) is 14.6. The van der Waals surface area contributed by atoms with E-state index in [1.807, 2.05) is 23.1 Å². The molecule has 0 bridgehead atoms. The minimum Gasteiger partial charge on any atom is -0.377 e. The fraction of sp³-hybridized carbons (Fsp3) is 0.360. The molecule has 7 heteroatoms. The summed E-state index contributed by atoms with van der Waals surface area (Å²) in [6.07, 6.45) is 4.82. The molecule has 0 aliphatic carbocycles. The maximum Gasteiger partial charge on any atom is 0.191 e. The lowest BCUT2D eigenvalue weighted by Gasteiger charge is -2.15. The molecule has 3 rings (SSSR count). The van der Waals surface area contributed by atoms with Crippen LogP contribution in [0.15, 0.2) is 72.0 Å². The lowest BCUT2D eigenvalue weighted by molar-refractivity contribution is 0.121. The van der Waals surface area contributed by atoms with Crippen LogP contribution in [0.1, 0.15) is 42.5 Å². The van der Waals surface area contributed by atoms with Gasteiger partial charge in [0.15, 0.2) is 5.96 Å². The zero-order valence-corrected chi connectivity index (χ0v) is 21.3. The van der Waals surface area contributed by atoms with Crippen molar-refractivity contribution in [3.05, 3.63) is 89.2 Å². The van der Waals surface area contributed by atoms with Crippen LogP contribution in [-0.2, 0) is 31.0 Å². The Morgan fingerprint density at radius 1 is 0.938 bits per heavy atom. The molecular formula is C25H34IN5O. The number of halogens is 1. The lowest BCUT2D eigenvalue weighted by Crippen LogP contribution is -2.37. The summed E-state index contributed by atoms with van der Waals surface area (Å²) in [7, 11) is 0. The molecule has 6 nitrogen and oxygen atoms in total. The number of hydrogen-bond donors (Lipinski definition) is 2. The molecule has 3 aromatic rings. The van der Waals surface area contributed by atoms with Gasteiger partial charge in [0.05, 0.1) is 19.7 Å². The first kappa shape index (κ1) is 25.9. The molecule has 0 aliphatic rings. The van der Waals surface area contributed by atoms with E-state index in [4.69, 9.17) is 9.73 Å². The summed E-state index contributed by atoms with van der Waals surface area (Å²) in [5, 5.41) is 11.2. The second-order valence-corrected chi connectivity index (χ2v) is 7.34. The number of aliphatic imine (C=N–C) groups is 1. The Bertz CT molecular complexity index is 943. The molecule has 0 spiro atoms. The van der Waals surface area contributed by atoms with Crippen LogP contribution in [-0.4, -0.2) is 28.9 Å². The highest BCUT2D eigenvalue weighted by atomic mass is 127. The number of guanidine groups is 1. The second-order valence-electron chi connectivity index (χ2n) is 7.34. The zero-order valence-electron chi connectivity index (χ0n) is 19.0. The normalized spacial score (nSPS) is 11.1. The van der Waals surface area contributed by atoms with Crippen molar-refractivity contribution in [2.24, 2.45) is 4.99 Å². The summed E-state index contributed by atoms with van der Waals surface area (Å²) < 4.78 is 7.68. The molecule has 0 saturated heterocycles. The van der Waals surface area contributed by atoms with E-state index >= 15 is 0 Å². The summed E-state index contributed by atoms with van der Waals surface area (Å²) in [6, 6.07) is 18.7. The fourth-order valence-electron chi connectivity index (χ4n) is 3.32. The van der Waals surface area contributed by atoms with Crippen LogP contribution in [0.4, 0.5) is 0 Å². The topological polar surface area (TPSA) is 63.5 Å². The van der Waals surface area contributed by atoms with Gasteiger partial charge in [0.1, 0.15) is 0 Å². The van der Waals surface area contributed by atoms with Gasteiger partial charge in [-0.25, -0.2) is 4.99 Å². The highest BCUT2D eigenvalue weighted by Gasteiger charge is 2.06. The van der Waals surface area contributed by atoms with E-state index < -0.39 is 0 Å². The summed E-state index contributed by atoms with van der Waals surface area (Å²) in [5.41, 5.74) is 4.86. The Kier molecular flexibility index (Phi) is 11.8. The molecule has 0 unspecified atom stereocenters. The van der Waals surface area contributed by atoms with Gasteiger partial charge < -0.3 is 15.4 Å². The average Bonchev–Trinajstić information content (AvgIpc) is 3.31. The SMILES string of the molecule is CCCOCc1ccccc1CN=C(NCC)NCc1ccccc1Cn1cccn1.I. The third kappa shape index (κ3) is 8.27. The zero-order chi connectivity index (χ0) is 21.7. The maximum atomic E-state index is 5.74. The molecule has 32 heavy (non-hydrogen) atoms. The van der Waals surface area contributed by atoms with Gasteiger partial charge in [-0.15, -0.1) is 24.0 Å². The highest BCUT2D eigenvalue weighted by Crippen LogP contribution is 2.13. The smallest absolute Gasteiger partial charge is 0.191 e. The van der Waals surface area contributed by atoms with Gasteiger partial charge in [-0.2, -0.15) is 5.10 Å². The predicted octanol–water partition coefficient (Wildman–Crippen LogP) is 4.73.